The molecule has 4 heteroatoms. The fraction of sp³-hybridized carbons (Fsp3) is 1.00. The van der Waals surface area contributed by atoms with Crippen molar-refractivity contribution in [2.75, 3.05) is 42.3 Å². The lowest BCUT2D eigenvalue weighted by molar-refractivity contribution is 0.505. The lowest BCUT2D eigenvalue weighted by Crippen LogP contribution is -1.99. The molecule has 0 aromatic carbocycles. The zero-order valence-corrected chi connectivity index (χ0v) is 11.1. The maximum Gasteiger partial charge on any atom is -0.0140 e. The van der Waals surface area contributed by atoms with Crippen molar-refractivity contribution in [2.24, 2.45) is 0 Å². The summed E-state index contributed by atoms with van der Waals surface area (Å²) in [5, 5.41) is 0. The second-order valence-corrected chi connectivity index (χ2v) is 2.68. The molecule has 0 heterocycles. The third kappa shape index (κ3) is 712. The summed E-state index contributed by atoms with van der Waals surface area (Å²) in [5.41, 5.74) is 0. The van der Waals surface area contributed by atoms with Gasteiger partial charge < -0.3 is 9.80 Å². The van der Waals surface area contributed by atoms with Gasteiger partial charge in [-0.2, -0.15) is 0 Å². The van der Waals surface area contributed by atoms with Crippen LogP contribution >= 0.6 is 34.0 Å². The molecular formula is C6H20Br2N2. The van der Waals surface area contributed by atoms with Gasteiger partial charge in [-0.05, 0) is 42.3 Å². The Bertz CT molecular complexity index is 29.2. The Balaban J connectivity index is -0.0000000300. The van der Waals surface area contributed by atoms with Crippen LogP contribution < -0.4 is 0 Å². The van der Waals surface area contributed by atoms with Crippen molar-refractivity contribution in [3.63, 3.8) is 0 Å². The van der Waals surface area contributed by atoms with E-state index >= 15 is 0 Å². The molecular weight excluding hydrogens is 260 g/mol. The Morgan fingerprint density at radius 2 is 0.500 bits per heavy atom. The largest absolute Gasteiger partial charge is 0.312 e. The molecule has 10 heavy (non-hydrogen) atoms. The summed E-state index contributed by atoms with van der Waals surface area (Å²) < 4.78 is 0. The van der Waals surface area contributed by atoms with Gasteiger partial charge in [0.15, 0.2) is 0 Å². The van der Waals surface area contributed by atoms with Gasteiger partial charge in [0, 0.05) is 0 Å². The maximum atomic E-state index is 2.00. The average Bonchev–Trinajstić information content (AvgIpc) is 1.25. The minimum atomic E-state index is 0. The molecule has 0 unspecified atom stereocenters. The minimum Gasteiger partial charge on any atom is -0.312 e. The van der Waals surface area contributed by atoms with Crippen molar-refractivity contribution in [1.29, 1.82) is 0 Å². The Morgan fingerprint density at radius 1 is 0.500 bits per heavy atom. The molecule has 0 amide bonds. The number of halogens is 2. The summed E-state index contributed by atoms with van der Waals surface area (Å²) >= 11 is 0. The molecule has 68 valence electrons. The molecule has 0 rings (SSSR count). The molecule has 0 radical (unpaired) electrons. The van der Waals surface area contributed by atoms with Crippen LogP contribution in [0.5, 0.6) is 0 Å². The van der Waals surface area contributed by atoms with Gasteiger partial charge in [-0.3, -0.25) is 0 Å². The Morgan fingerprint density at radius 3 is 0.500 bits per heavy atom. The Labute approximate surface area is 86.1 Å². The normalized spacial score (nSPS) is 7.20. The second kappa shape index (κ2) is 16.5. The van der Waals surface area contributed by atoms with E-state index in [0.717, 1.165) is 0 Å². The number of hydrogen-bond donors (Lipinski definition) is 0. The topological polar surface area (TPSA) is 6.48 Å². The highest BCUT2D eigenvalue weighted by Gasteiger charge is 1.58. The van der Waals surface area contributed by atoms with Gasteiger partial charge in [-0.25, -0.2) is 0 Å². The van der Waals surface area contributed by atoms with E-state index in [4.69, 9.17) is 0 Å². The monoisotopic (exact) mass is 278 g/mol. The second-order valence-electron chi connectivity index (χ2n) is 2.68. The van der Waals surface area contributed by atoms with Crippen molar-refractivity contribution < 1.29 is 0 Å². The first-order chi connectivity index (χ1) is 3.46. The Kier molecular flexibility index (Phi) is 36.9. The molecule has 0 fully saturated rings. The zero-order valence-electron chi connectivity index (χ0n) is 7.71. The molecule has 0 aromatic heterocycles. The van der Waals surface area contributed by atoms with Crippen LogP contribution in [0.3, 0.4) is 0 Å². The fourth-order valence-electron chi connectivity index (χ4n) is 0. The van der Waals surface area contributed by atoms with Crippen molar-refractivity contribution in [1.82, 2.24) is 9.80 Å². The molecule has 2 nitrogen and oxygen atoms in total. The van der Waals surface area contributed by atoms with Crippen LogP contribution in [0.2, 0.25) is 0 Å². The molecule has 0 aliphatic heterocycles. The van der Waals surface area contributed by atoms with Crippen LogP contribution in [0.1, 0.15) is 0 Å². The highest BCUT2D eigenvalue weighted by molar-refractivity contribution is 8.93. The summed E-state index contributed by atoms with van der Waals surface area (Å²) in [4.78, 5) is 4.00. The third-order valence-corrected chi connectivity index (χ3v) is 0. The molecule has 0 bridgehead atoms. The van der Waals surface area contributed by atoms with Crippen LogP contribution in [0.4, 0.5) is 0 Å². The van der Waals surface area contributed by atoms with Crippen LogP contribution in [0, 0.1) is 0 Å². The van der Waals surface area contributed by atoms with Crippen molar-refractivity contribution >= 4 is 34.0 Å². The molecule has 0 saturated heterocycles. The molecule has 0 spiro atoms. The summed E-state index contributed by atoms with van der Waals surface area (Å²) in [5.74, 6) is 0. The summed E-state index contributed by atoms with van der Waals surface area (Å²) in [7, 11) is 12.0. The number of nitrogens with zero attached hydrogens (tertiary/aromatic N) is 2. The highest BCUT2D eigenvalue weighted by Crippen LogP contribution is 1.48. The quantitative estimate of drug-likeness (QED) is 0.663. The zero-order chi connectivity index (χ0) is 7.15. The molecule has 0 aliphatic rings. The van der Waals surface area contributed by atoms with Gasteiger partial charge in [-0.15, -0.1) is 34.0 Å². The average molecular weight is 280 g/mol. The van der Waals surface area contributed by atoms with Crippen molar-refractivity contribution in [2.45, 2.75) is 0 Å². The molecule has 0 N–H and O–H groups in total. The minimum absolute atomic E-state index is 0. The van der Waals surface area contributed by atoms with E-state index in [-0.39, 0.29) is 34.0 Å². The Hall–Kier alpha value is 0.880. The summed E-state index contributed by atoms with van der Waals surface area (Å²) in [6.07, 6.45) is 0. The predicted molar refractivity (Wildman–Crippen MR) is 59.9 cm³/mol. The van der Waals surface area contributed by atoms with E-state index in [1.807, 2.05) is 52.1 Å². The summed E-state index contributed by atoms with van der Waals surface area (Å²) in [6, 6.07) is 0. The first-order valence-electron chi connectivity index (χ1n) is 2.68. The maximum absolute atomic E-state index is 2.00. The summed E-state index contributed by atoms with van der Waals surface area (Å²) in [6.45, 7) is 0. The van der Waals surface area contributed by atoms with E-state index in [2.05, 4.69) is 0 Å². The molecule has 0 saturated carbocycles. The van der Waals surface area contributed by atoms with Gasteiger partial charge in [0.2, 0.25) is 0 Å². The lowest BCUT2D eigenvalue weighted by atomic mass is 11.0. The van der Waals surface area contributed by atoms with E-state index in [0.29, 0.717) is 0 Å². The van der Waals surface area contributed by atoms with Gasteiger partial charge in [-0.1, -0.05) is 0 Å². The standard InChI is InChI=1S/2C3H9N.2BrH/c2*1-4(2)3;;/h2*1-3H3;2*1H. The van der Waals surface area contributed by atoms with Crippen LogP contribution in [-0.4, -0.2) is 52.1 Å². The van der Waals surface area contributed by atoms with E-state index < -0.39 is 0 Å². The lowest BCUT2D eigenvalue weighted by Gasteiger charge is -1.90. The van der Waals surface area contributed by atoms with Gasteiger partial charge in [0.1, 0.15) is 0 Å². The van der Waals surface area contributed by atoms with E-state index in [9.17, 15) is 0 Å². The van der Waals surface area contributed by atoms with Crippen LogP contribution in [-0.2, 0) is 0 Å². The van der Waals surface area contributed by atoms with Crippen LogP contribution in [0.25, 0.3) is 0 Å². The predicted octanol–water partition coefficient (Wildman–Crippen LogP) is 1.51. The van der Waals surface area contributed by atoms with Crippen LogP contribution in [0.15, 0.2) is 0 Å². The smallest absolute Gasteiger partial charge is 0.0140 e. The van der Waals surface area contributed by atoms with Gasteiger partial charge >= 0.3 is 0 Å². The molecule has 0 aromatic rings. The SMILES string of the molecule is Br.Br.CN(C)C.CN(C)C. The van der Waals surface area contributed by atoms with Gasteiger partial charge in [0.05, 0.1) is 0 Å². The third-order valence-electron chi connectivity index (χ3n) is 0. The first kappa shape index (κ1) is 22.4. The fourth-order valence-corrected chi connectivity index (χ4v) is 0. The van der Waals surface area contributed by atoms with E-state index in [1.54, 1.807) is 0 Å². The number of rotatable bonds is 0. The van der Waals surface area contributed by atoms with Gasteiger partial charge in [0.25, 0.3) is 0 Å². The molecule has 0 atom stereocenters. The van der Waals surface area contributed by atoms with Crippen molar-refractivity contribution in [3.8, 4) is 0 Å². The van der Waals surface area contributed by atoms with Crippen molar-refractivity contribution in [3.05, 3.63) is 0 Å². The first-order valence-corrected chi connectivity index (χ1v) is 2.68. The molecule has 0 aliphatic carbocycles. The highest BCUT2D eigenvalue weighted by atomic mass is 79.9. The van der Waals surface area contributed by atoms with E-state index in [1.165, 1.54) is 0 Å². The number of hydrogen-bond acceptors (Lipinski definition) is 2.